The second-order valence-corrected chi connectivity index (χ2v) is 3.19. The number of primary amides is 1. The van der Waals surface area contributed by atoms with Gasteiger partial charge in [-0.25, -0.2) is 0 Å². The first-order chi connectivity index (χ1) is 8.31. The highest BCUT2D eigenvalue weighted by atomic mass is 19.4. The van der Waals surface area contributed by atoms with Gasteiger partial charge in [-0.15, -0.1) is 13.2 Å². The fourth-order valence-corrected chi connectivity index (χ4v) is 1.16. The van der Waals surface area contributed by atoms with Crippen LogP contribution in [-0.2, 0) is 4.79 Å². The fourth-order valence-electron chi connectivity index (χ4n) is 1.16. The summed E-state index contributed by atoms with van der Waals surface area (Å²) in [4.78, 5) is 10.5. The number of carbonyl (C=O) groups is 1. The Hall–Kier alpha value is -2.18. The first-order valence-corrected chi connectivity index (χ1v) is 4.73. The Balaban J connectivity index is 3.12. The number of benzene rings is 1. The standard InChI is InChI=1S/C11H10F3NO3/c1-17-8-4-2-7(3-5-10(15)16)9(6-8)18-11(12,13)14/h2-6H,1H3,(H2,15,16)/b5-3+. The zero-order chi connectivity index (χ0) is 13.8. The first kappa shape index (κ1) is 13.9. The van der Waals surface area contributed by atoms with Gasteiger partial charge < -0.3 is 15.2 Å². The number of amides is 1. The zero-order valence-electron chi connectivity index (χ0n) is 9.32. The Morgan fingerprint density at radius 2 is 2.06 bits per heavy atom. The van der Waals surface area contributed by atoms with E-state index in [0.29, 0.717) is 0 Å². The van der Waals surface area contributed by atoms with Crippen molar-refractivity contribution >= 4 is 12.0 Å². The number of halogens is 3. The lowest BCUT2D eigenvalue weighted by atomic mass is 10.1. The predicted molar refractivity (Wildman–Crippen MR) is 57.9 cm³/mol. The number of nitrogens with two attached hydrogens (primary N) is 1. The van der Waals surface area contributed by atoms with Gasteiger partial charge in [0.25, 0.3) is 0 Å². The lowest BCUT2D eigenvalue weighted by molar-refractivity contribution is -0.274. The Morgan fingerprint density at radius 3 is 2.56 bits per heavy atom. The molecule has 0 fully saturated rings. The van der Waals surface area contributed by atoms with Crippen molar-refractivity contribution in [3.63, 3.8) is 0 Å². The Kier molecular flexibility index (Phi) is 4.19. The predicted octanol–water partition coefficient (Wildman–Crippen LogP) is 2.09. The third-order valence-corrected chi connectivity index (χ3v) is 1.87. The highest BCUT2D eigenvalue weighted by Gasteiger charge is 2.32. The van der Waals surface area contributed by atoms with Crippen molar-refractivity contribution in [2.45, 2.75) is 6.36 Å². The van der Waals surface area contributed by atoms with Gasteiger partial charge in [0, 0.05) is 17.7 Å². The Labute approximate surface area is 101 Å². The normalized spacial score (nSPS) is 11.6. The van der Waals surface area contributed by atoms with Crippen LogP contribution >= 0.6 is 0 Å². The van der Waals surface area contributed by atoms with Crippen LogP contribution in [0.15, 0.2) is 24.3 Å². The maximum Gasteiger partial charge on any atom is 0.573 e. The van der Waals surface area contributed by atoms with Gasteiger partial charge in [-0.3, -0.25) is 4.79 Å². The van der Waals surface area contributed by atoms with Crippen molar-refractivity contribution in [1.29, 1.82) is 0 Å². The van der Waals surface area contributed by atoms with Crippen LogP contribution in [0, 0.1) is 0 Å². The molecule has 0 atom stereocenters. The van der Waals surface area contributed by atoms with Crippen LogP contribution in [0.1, 0.15) is 5.56 Å². The second kappa shape index (κ2) is 5.44. The summed E-state index contributed by atoms with van der Waals surface area (Å²) < 4.78 is 45.1. The van der Waals surface area contributed by atoms with E-state index < -0.39 is 18.0 Å². The van der Waals surface area contributed by atoms with Crippen LogP contribution in [0.2, 0.25) is 0 Å². The van der Waals surface area contributed by atoms with E-state index >= 15 is 0 Å². The third kappa shape index (κ3) is 4.36. The third-order valence-electron chi connectivity index (χ3n) is 1.87. The smallest absolute Gasteiger partial charge is 0.497 e. The highest BCUT2D eigenvalue weighted by Crippen LogP contribution is 2.30. The molecule has 1 amide bonds. The minimum atomic E-state index is -4.83. The maximum absolute atomic E-state index is 12.2. The van der Waals surface area contributed by atoms with E-state index in [2.05, 4.69) is 4.74 Å². The quantitative estimate of drug-likeness (QED) is 0.844. The molecule has 2 N–H and O–H groups in total. The number of hydrogen-bond acceptors (Lipinski definition) is 3. The van der Waals surface area contributed by atoms with Crippen molar-refractivity contribution in [3.8, 4) is 11.5 Å². The minimum absolute atomic E-state index is 0.0620. The van der Waals surface area contributed by atoms with Gasteiger partial charge in [-0.1, -0.05) is 0 Å². The summed E-state index contributed by atoms with van der Waals surface area (Å²) in [6.07, 6.45) is -2.77. The largest absolute Gasteiger partial charge is 0.573 e. The van der Waals surface area contributed by atoms with Crippen molar-refractivity contribution in [2.75, 3.05) is 7.11 Å². The summed E-state index contributed by atoms with van der Waals surface area (Å²) in [5.41, 5.74) is 4.92. The first-order valence-electron chi connectivity index (χ1n) is 4.73. The van der Waals surface area contributed by atoms with E-state index in [1.54, 1.807) is 0 Å². The molecular formula is C11H10F3NO3. The van der Waals surface area contributed by atoms with E-state index in [-0.39, 0.29) is 11.3 Å². The summed E-state index contributed by atoms with van der Waals surface area (Å²) in [5.74, 6) is -1.05. The molecule has 4 nitrogen and oxygen atoms in total. The fraction of sp³-hybridized carbons (Fsp3) is 0.182. The zero-order valence-corrected chi connectivity index (χ0v) is 9.32. The van der Waals surface area contributed by atoms with E-state index in [0.717, 1.165) is 18.2 Å². The van der Waals surface area contributed by atoms with Crippen molar-refractivity contribution in [2.24, 2.45) is 5.73 Å². The average molecular weight is 261 g/mol. The van der Waals surface area contributed by atoms with Crippen LogP contribution in [0.5, 0.6) is 11.5 Å². The monoisotopic (exact) mass is 261 g/mol. The SMILES string of the molecule is COc1ccc(/C=C/C(N)=O)c(OC(F)(F)F)c1. The van der Waals surface area contributed by atoms with Crippen molar-refractivity contribution < 1.29 is 27.4 Å². The van der Waals surface area contributed by atoms with Gasteiger partial charge in [0.05, 0.1) is 7.11 Å². The van der Waals surface area contributed by atoms with Crippen LogP contribution in [0.4, 0.5) is 13.2 Å². The summed E-state index contributed by atoms with van der Waals surface area (Å²) in [6.45, 7) is 0. The van der Waals surface area contributed by atoms with Crippen molar-refractivity contribution in [3.05, 3.63) is 29.8 Å². The number of rotatable bonds is 4. The van der Waals surface area contributed by atoms with Gasteiger partial charge in [0.15, 0.2) is 0 Å². The molecule has 0 bridgehead atoms. The molecule has 0 saturated carbocycles. The summed E-state index contributed by atoms with van der Waals surface area (Å²) in [6, 6.07) is 3.82. The molecule has 0 aromatic heterocycles. The Morgan fingerprint density at radius 1 is 1.39 bits per heavy atom. The van der Waals surface area contributed by atoms with E-state index in [4.69, 9.17) is 10.5 Å². The van der Waals surface area contributed by atoms with E-state index in [1.165, 1.54) is 19.2 Å². The molecule has 0 unspecified atom stereocenters. The topological polar surface area (TPSA) is 61.5 Å². The molecule has 0 heterocycles. The van der Waals surface area contributed by atoms with Crippen LogP contribution in [0.3, 0.4) is 0 Å². The number of methoxy groups -OCH3 is 1. The number of carbonyl (C=O) groups excluding carboxylic acids is 1. The lowest BCUT2D eigenvalue weighted by Crippen LogP contribution is -2.17. The van der Waals surface area contributed by atoms with E-state index in [1.807, 2.05) is 0 Å². The molecule has 0 aliphatic heterocycles. The second-order valence-electron chi connectivity index (χ2n) is 3.19. The van der Waals surface area contributed by atoms with Gasteiger partial charge in [-0.2, -0.15) is 0 Å². The Bertz CT molecular complexity index is 469. The number of alkyl halides is 3. The molecule has 7 heteroatoms. The number of ether oxygens (including phenoxy) is 2. The summed E-state index contributed by atoms with van der Waals surface area (Å²) >= 11 is 0. The molecule has 98 valence electrons. The maximum atomic E-state index is 12.2. The van der Waals surface area contributed by atoms with E-state index in [9.17, 15) is 18.0 Å². The molecule has 1 rings (SSSR count). The molecule has 0 aliphatic rings. The molecule has 0 spiro atoms. The summed E-state index contributed by atoms with van der Waals surface area (Å²) in [7, 11) is 1.31. The number of hydrogen-bond donors (Lipinski definition) is 1. The van der Waals surface area contributed by atoms with Crippen LogP contribution < -0.4 is 15.2 Å². The lowest BCUT2D eigenvalue weighted by Gasteiger charge is -2.12. The average Bonchev–Trinajstić information content (AvgIpc) is 2.25. The highest BCUT2D eigenvalue weighted by molar-refractivity contribution is 5.90. The molecular weight excluding hydrogens is 251 g/mol. The van der Waals surface area contributed by atoms with Crippen LogP contribution in [0.25, 0.3) is 6.08 Å². The minimum Gasteiger partial charge on any atom is -0.497 e. The van der Waals surface area contributed by atoms with Gasteiger partial charge in [0.2, 0.25) is 5.91 Å². The molecule has 18 heavy (non-hydrogen) atoms. The molecule has 1 aromatic carbocycles. The van der Waals surface area contributed by atoms with Gasteiger partial charge >= 0.3 is 6.36 Å². The van der Waals surface area contributed by atoms with Crippen LogP contribution in [-0.4, -0.2) is 19.4 Å². The molecule has 0 saturated heterocycles. The van der Waals surface area contributed by atoms with Gasteiger partial charge in [-0.05, 0) is 18.2 Å². The molecule has 0 radical (unpaired) electrons. The summed E-state index contributed by atoms with van der Waals surface area (Å²) in [5, 5.41) is 0. The van der Waals surface area contributed by atoms with Crippen molar-refractivity contribution in [1.82, 2.24) is 0 Å². The molecule has 1 aromatic rings. The van der Waals surface area contributed by atoms with Gasteiger partial charge in [0.1, 0.15) is 11.5 Å². The molecule has 0 aliphatic carbocycles.